The molecule has 1 unspecified atom stereocenters. The van der Waals surface area contributed by atoms with Crippen LogP contribution in [0.15, 0.2) is 0 Å². The third kappa shape index (κ3) is 3.42. The Labute approximate surface area is 100 Å². The maximum absolute atomic E-state index is 5.54. The van der Waals surface area contributed by atoms with Gasteiger partial charge >= 0.3 is 0 Å². The Kier molecular flexibility index (Phi) is 4.12. The topological polar surface area (TPSA) is 47.0 Å². The van der Waals surface area contributed by atoms with Crippen molar-refractivity contribution in [2.45, 2.75) is 39.2 Å². The first kappa shape index (κ1) is 11.8. The van der Waals surface area contributed by atoms with Crippen LogP contribution < -0.4 is 5.32 Å². The van der Waals surface area contributed by atoms with Crippen LogP contribution in [0.25, 0.3) is 0 Å². The third-order valence-electron chi connectivity index (χ3n) is 2.55. The molecule has 2 rings (SSSR count). The molecule has 0 saturated carbocycles. The Morgan fingerprint density at radius 1 is 1.50 bits per heavy atom. The smallest absolute Gasteiger partial charge is 0.205 e. The molecule has 0 aliphatic carbocycles. The molecule has 4 nitrogen and oxygen atoms in total. The molecule has 0 radical (unpaired) electrons. The zero-order valence-corrected chi connectivity index (χ0v) is 10.7. The molecule has 16 heavy (non-hydrogen) atoms. The van der Waals surface area contributed by atoms with Gasteiger partial charge in [-0.3, -0.25) is 0 Å². The van der Waals surface area contributed by atoms with E-state index in [4.69, 9.17) is 4.74 Å². The van der Waals surface area contributed by atoms with Gasteiger partial charge in [0, 0.05) is 19.6 Å². The van der Waals surface area contributed by atoms with Crippen LogP contribution in [0.2, 0.25) is 0 Å². The number of nitrogens with zero attached hydrogens (tertiary/aromatic N) is 2. The number of nitrogens with one attached hydrogen (secondary N) is 1. The zero-order chi connectivity index (χ0) is 11.4. The molecule has 5 heteroatoms. The van der Waals surface area contributed by atoms with Crippen LogP contribution >= 0.6 is 11.3 Å². The van der Waals surface area contributed by atoms with Crippen molar-refractivity contribution >= 4 is 16.5 Å². The van der Waals surface area contributed by atoms with Crippen LogP contribution in [0.4, 0.5) is 5.13 Å². The molecule has 1 aliphatic rings. The molecule has 2 heterocycles. The zero-order valence-electron chi connectivity index (χ0n) is 9.90. The second kappa shape index (κ2) is 5.59. The number of hydrogen-bond donors (Lipinski definition) is 1. The fourth-order valence-corrected chi connectivity index (χ4v) is 2.72. The van der Waals surface area contributed by atoms with Crippen molar-refractivity contribution in [3.05, 3.63) is 5.01 Å². The van der Waals surface area contributed by atoms with Gasteiger partial charge in [0.15, 0.2) is 0 Å². The standard InChI is InChI=1S/C11H19N3OS/c1-8(2)6-10-13-14-11(16-10)12-7-9-4-3-5-15-9/h8-9H,3-7H2,1-2H3,(H,12,14). The summed E-state index contributed by atoms with van der Waals surface area (Å²) in [5.41, 5.74) is 0. The second-order valence-electron chi connectivity index (χ2n) is 4.61. The summed E-state index contributed by atoms with van der Waals surface area (Å²) in [6.45, 7) is 6.15. The van der Waals surface area contributed by atoms with Crippen molar-refractivity contribution in [1.29, 1.82) is 0 Å². The van der Waals surface area contributed by atoms with Gasteiger partial charge in [0.1, 0.15) is 5.01 Å². The number of ether oxygens (including phenoxy) is 1. The Hall–Kier alpha value is -0.680. The van der Waals surface area contributed by atoms with E-state index in [-0.39, 0.29) is 0 Å². The van der Waals surface area contributed by atoms with Crippen molar-refractivity contribution in [3.63, 3.8) is 0 Å². The summed E-state index contributed by atoms with van der Waals surface area (Å²) >= 11 is 1.66. The quantitative estimate of drug-likeness (QED) is 0.859. The maximum atomic E-state index is 5.54. The summed E-state index contributed by atoms with van der Waals surface area (Å²) < 4.78 is 5.54. The van der Waals surface area contributed by atoms with Gasteiger partial charge < -0.3 is 10.1 Å². The predicted octanol–water partition coefficient (Wildman–Crippen LogP) is 2.33. The highest BCUT2D eigenvalue weighted by Crippen LogP contribution is 2.19. The summed E-state index contributed by atoms with van der Waals surface area (Å²) in [4.78, 5) is 0. The van der Waals surface area contributed by atoms with Gasteiger partial charge in [0.05, 0.1) is 6.10 Å². The molecule has 0 aromatic carbocycles. The molecule has 1 N–H and O–H groups in total. The highest BCUT2D eigenvalue weighted by Gasteiger charge is 2.15. The molecule has 1 fully saturated rings. The van der Waals surface area contributed by atoms with Gasteiger partial charge in [-0.15, -0.1) is 10.2 Å². The van der Waals surface area contributed by atoms with Crippen molar-refractivity contribution in [2.24, 2.45) is 5.92 Å². The molecule has 0 amide bonds. The lowest BCUT2D eigenvalue weighted by Crippen LogP contribution is -2.18. The minimum atomic E-state index is 0.359. The van der Waals surface area contributed by atoms with Crippen molar-refractivity contribution in [1.82, 2.24) is 10.2 Å². The first-order chi connectivity index (χ1) is 7.74. The maximum Gasteiger partial charge on any atom is 0.205 e. The summed E-state index contributed by atoms with van der Waals surface area (Å²) in [6, 6.07) is 0. The van der Waals surface area contributed by atoms with Gasteiger partial charge in [-0.2, -0.15) is 0 Å². The molecule has 1 aliphatic heterocycles. The summed E-state index contributed by atoms with van der Waals surface area (Å²) in [7, 11) is 0. The van der Waals surface area contributed by atoms with Crippen LogP contribution in [-0.4, -0.2) is 29.5 Å². The van der Waals surface area contributed by atoms with E-state index in [1.165, 1.54) is 6.42 Å². The lowest BCUT2D eigenvalue weighted by molar-refractivity contribution is 0.120. The lowest BCUT2D eigenvalue weighted by atomic mass is 10.1. The molecule has 1 aromatic rings. The van der Waals surface area contributed by atoms with Crippen molar-refractivity contribution < 1.29 is 4.74 Å². The normalized spacial score (nSPS) is 20.6. The highest BCUT2D eigenvalue weighted by molar-refractivity contribution is 7.15. The molecule has 0 spiro atoms. The summed E-state index contributed by atoms with van der Waals surface area (Å²) in [5.74, 6) is 0.638. The van der Waals surface area contributed by atoms with Gasteiger partial charge in [-0.25, -0.2) is 0 Å². The average Bonchev–Trinajstić information content (AvgIpc) is 2.84. The Balaban J connectivity index is 1.78. The Morgan fingerprint density at radius 2 is 2.38 bits per heavy atom. The minimum absolute atomic E-state index is 0.359. The van der Waals surface area contributed by atoms with Gasteiger partial charge in [-0.1, -0.05) is 25.2 Å². The number of aromatic nitrogens is 2. The van der Waals surface area contributed by atoms with Gasteiger partial charge in [0.25, 0.3) is 0 Å². The van der Waals surface area contributed by atoms with Crippen LogP contribution in [0, 0.1) is 5.92 Å². The van der Waals surface area contributed by atoms with E-state index < -0.39 is 0 Å². The lowest BCUT2D eigenvalue weighted by Gasteiger charge is -2.08. The third-order valence-corrected chi connectivity index (χ3v) is 3.46. The molecule has 0 bridgehead atoms. The first-order valence-corrected chi connectivity index (χ1v) is 6.73. The number of hydrogen-bond acceptors (Lipinski definition) is 5. The number of anilines is 1. The molecule has 1 aromatic heterocycles. The van der Waals surface area contributed by atoms with Crippen LogP contribution in [0.3, 0.4) is 0 Å². The predicted molar refractivity (Wildman–Crippen MR) is 65.9 cm³/mol. The van der Waals surface area contributed by atoms with Crippen molar-refractivity contribution in [3.8, 4) is 0 Å². The van der Waals surface area contributed by atoms with E-state index in [1.54, 1.807) is 11.3 Å². The van der Waals surface area contributed by atoms with Gasteiger partial charge in [-0.05, 0) is 18.8 Å². The second-order valence-corrected chi connectivity index (χ2v) is 5.68. The van der Waals surface area contributed by atoms with Gasteiger partial charge in [0.2, 0.25) is 5.13 Å². The van der Waals surface area contributed by atoms with Crippen LogP contribution in [0.5, 0.6) is 0 Å². The fourth-order valence-electron chi connectivity index (χ4n) is 1.76. The molecule has 1 atom stereocenters. The minimum Gasteiger partial charge on any atom is -0.376 e. The van der Waals surface area contributed by atoms with Crippen molar-refractivity contribution in [2.75, 3.05) is 18.5 Å². The van der Waals surface area contributed by atoms with Crippen LogP contribution in [-0.2, 0) is 11.2 Å². The molecule has 1 saturated heterocycles. The molecule has 90 valence electrons. The summed E-state index contributed by atoms with van der Waals surface area (Å²) in [6.07, 6.45) is 3.71. The SMILES string of the molecule is CC(C)Cc1nnc(NCC2CCCO2)s1. The van der Waals surface area contributed by atoms with E-state index in [0.29, 0.717) is 12.0 Å². The first-order valence-electron chi connectivity index (χ1n) is 5.92. The highest BCUT2D eigenvalue weighted by atomic mass is 32.1. The molecular weight excluding hydrogens is 222 g/mol. The van der Waals surface area contributed by atoms with E-state index >= 15 is 0 Å². The summed E-state index contributed by atoms with van der Waals surface area (Å²) in [5, 5.41) is 13.6. The van der Waals surface area contributed by atoms with E-state index in [1.807, 2.05) is 0 Å². The van der Waals surface area contributed by atoms with E-state index in [0.717, 1.165) is 36.1 Å². The average molecular weight is 241 g/mol. The Morgan fingerprint density at radius 3 is 3.06 bits per heavy atom. The fraction of sp³-hybridized carbons (Fsp3) is 0.818. The monoisotopic (exact) mass is 241 g/mol. The largest absolute Gasteiger partial charge is 0.376 e. The molecular formula is C11H19N3OS. The van der Waals surface area contributed by atoms with Crippen LogP contribution in [0.1, 0.15) is 31.7 Å². The Bertz CT molecular complexity index is 321. The number of rotatable bonds is 5. The van der Waals surface area contributed by atoms with E-state index in [2.05, 4.69) is 29.4 Å². The van der Waals surface area contributed by atoms with E-state index in [9.17, 15) is 0 Å².